The predicted molar refractivity (Wildman–Crippen MR) is 172 cm³/mol. The number of Topliss-reactive ketones (excluding diaryl/α,β-unsaturated/α-hetero) is 1. The molecule has 0 radical (unpaired) electrons. The number of unbranched alkanes of at least 4 members (excludes halogenated alkanes) is 23. The summed E-state index contributed by atoms with van der Waals surface area (Å²) in [5, 5.41) is 18.0. The van der Waals surface area contributed by atoms with Crippen molar-refractivity contribution in [3.63, 3.8) is 0 Å². The van der Waals surface area contributed by atoms with Gasteiger partial charge in [0, 0.05) is 12.3 Å². The average Bonchev–Trinajstić information content (AvgIpc) is 2.94. The van der Waals surface area contributed by atoms with Crippen LogP contribution < -0.4 is 0 Å². The van der Waals surface area contributed by atoms with Gasteiger partial charge in [-0.25, -0.2) is 4.79 Å². The van der Waals surface area contributed by atoms with Crippen molar-refractivity contribution in [1.82, 2.24) is 0 Å². The molecule has 0 aromatic carbocycles. The number of aliphatic carboxylic acids is 1. The van der Waals surface area contributed by atoms with E-state index in [0.717, 1.165) is 57.8 Å². The van der Waals surface area contributed by atoms with Crippen LogP contribution in [-0.2, 0) is 9.59 Å². The molecular formula is C36H70O4. The summed E-state index contributed by atoms with van der Waals surface area (Å²) in [7, 11) is 0. The second kappa shape index (κ2) is 31.0. The van der Waals surface area contributed by atoms with Gasteiger partial charge in [0.2, 0.25) is 0 Å². The lowest BCUT2D eigenvalue weighted by molar-refractivity contribution is -0.147. The topological polar surface area (TPSA) is 74.6 Å². The van der Waals surface area contributed by atoms with E-state index in [1.165, 1.54) is 128 Å². The van der Waals surface area contributed by atoms with Crippen LogP contribution in [0.5, 0.6) is 0 Å². The first-order chi connectivity index (χ1) is 19.5. The number of carbonyl (C=O) groups excluding carboxylic acids is 1. The van der Waals surface area contributed by atoms with Crippen molar-refractivity contribution < 1.29 is 19.8 Å². The second-order valence-corrected chi connectivity index (χ2v) is 12.6. The Hall–Kier alpha value is -0.900. The molecule has 238 valence electrons. The summed E-state index contributed by atoms with van der Waals surface area (Å²) in [6, 6.07) is 0. The summed E-state index contributed by atoms with van der Waals surface area (Å²) in [4.78, 5) is 23.7. The molecule has 0 rings (SSSR count). The molecule has 4 nitrogen and oxygen atoms in total. The Morgan fingerprint density at radius 2 is 0.750 bits per heavy atom. The first kappa shape index (κ1) is 39.1. The molecule has 0 saturated carbocycles. The van der Waals surface area contributed by atoms with Crippen LogP contribution in [0.2, 0.25) is 0 Å². The minimum Gasteiger partial charge on any atom is -0.479 e. The zero-order chi connectivity index (χ0) is 29.5. The van der Waals surface area contributed by atoms with Crippen LogP contribution in [0.4, 0.5) is 0 Å². The molecule has 0 amide bonds. The summed E-state index contributed by atoms with van der Waals surface area (Å²) < 4.78 is 0. The van der Waals surface area contributed by atoms with Gasteiger partial charge in [0.25, 0.3) is 0 Å². The van der Waals surface area contributed by atoms with Gasteiger partial charge in [-0.05, 0) is 25.7 Å². The van der Waals surface area contributed by atoms with Crippen molar-refractivity contribution in [3.8, 4) is 0 Å². The number of aliphatic hydroxyl groups excluding tert-OH is 1. The lowest BCUT2D eigenvalue weighted by Crippen LogP contribution is -2.18. The molecule has 0 aliphatic rings. The highest BCUT2D eigenvalue weighted by atomic mass is 16.4. The highest BCUT2D eigenvalue weighted by Crippen LogP contribution is 2.23. The Kier molecular flexibility index (Phi) is 30.3. The fraction of sp³-hybridized carbons (Fsp3) is 0.944. The molecule has 2 atom stereocenters. The van der Waals surface area contributed by atoms with Gasteiger partial charge in [0.15, 0.2) is 6.10 Å². The lowest BCUT2D eigenvalue weighted by atomic mass is 9.88. The first-order valence-corrected chi connectivity index (χ1v) is 18.0. The third-order valence-corrected chi connectivity index (χ3v) is 8.70. The van der Waals surface area contributed by atoms with Gasteiger partial charge < -0.3 is 10.2 Å². The zero-order valence-electron chi connectivity index (χ0n) is 27.1. The molecule has 0 aliphatic heterocycles. The number of ketones is 1. The van der Waals surface area contributed by atoms with E-state index < -0.39 is 12.1 Å². The van der Waals surface area contributed by atoms with E-state index in [-0.39, 0.29) is 5.92 Å². The standard InChI is InChI=1S/C36H70O4/c1-3-5-7-9-10-11-12-13-14-15-16-17-20-23-27-31-34(37)33(29-25-8-6-4-2)30-26-22-19-18-21-24-28-32-35(38)36(39)40/h33,35,38H,3-32H2,1-2H3,(H,39,40). The van der Waals surface area contributed by atoms with Gasteiger partial charge in [-0.15, -0.1) is 0 Å². The summed E-state index contributed by atoms with van der Waals surface area (Å²) >= 11 is 0. The maximum Gasteiger partial charge on any atom is 0.332 e. The lowest BCUT2D eigenvalue weighted by Gasteiger charge is -2.16. The number of carboxylic acids is 1. The minimum absolute atomic E-state index is 0.279. The number of hydrogen-bond acceptors (Lipinski definition) is 3. The molecule has 40 heavy (non-hydrogen) atoms. The predicted octanol–water partition coefficient (Wildman–Crippen LogP) is 11.4. The molecule has 0 fully saturated rings. The van der Waals surface area contributed by atoms with Crippen molar-refractivity contribution in [2.24, 2.45) is 5.92 Å². The third kappa shape index (κ3) is 27.3. The zero-order valence-corrected chi connectivity index (χ0v) is 27.1. The Bertz CT molecular complexity index is 547. The fourth-order valence-electron chi connectivity index (χ4n) is 5.89. The largest absolute Gasteiger partial charge is 0.479 e. The molecule has 0 aromatic rings. The number of carboxylic acid groups (broad SMARTS) is 1. The molecular weight excluding hydrogens is 496 g/mol. The highest BCUT2D eigenvalue weighted by Gasteiger charge is 2.17. The Morgan fingerprint density at radius 1 is 0.450 bits per heavy atom. The molecule has 4 heteroatoms. The van der Waals surface area contributed by atoms with Gasteiger partial charge >= 0.3 is 5.97 Å². The number of rotatable bonds is 33. The van der Waals surface area contributed by atoms with Gasteiger partial charge in [-0.2, -0.15) is 0 Å². The molecule has 2 unspecified atom stereocenters. The van der Waals surface area contributed by atoms with E-state index in [2.05, 4.69) is 13.8 Å². The van der Waals surface area contributed by atoms with Crippen molar-refractivity contribution in [1.29, 1.82) is 0 Å². The average molecular weight is 567 g/mol. The molecule has 0 bridgehead atoms. The van der Waals surface area contributed by atoms with Crippen LogP contribution in [0.3, 0.4) is 0 Å². The van der Waals surface area contributed by atoms with E-state index >= 15 is 0 Å². The molecule has 0 aliphatic carbocycles. The maximum absolute atomic E-state index is 13.0. The van der Waals surface area contributed by atoms with Crippen LogP contribution in [-0.4, -0.2) is 28.1 Å². The van der Waals surface area contributed by atoms with E-state index in [1.54, 1.807) is 0 Å². The van der Waals surface area contributed by atoms with Gasteiger partial charge in [-0.3, -0.25) is 4.79 Å². The van der Waals surface area contributed by atoms with Crippen LogP contribution in [0.25, 0.3) is 0 Å². The Labute approximate surface area is 249 Å². The van der Waals surface area contributed by atoms with E-state index in [1.807, 2.05) is 0 Å². The SMILES string of the molecule is CCCCCCCCCCCCCCCCCC(=O)C(CCCCCC)CCCCCCCCCC(O)C(=O)O. The van der Waals surface area contributed by atoms with Crippen LogP contribution in [0.15, 0.2) is 0 Å². The van der Waals surface area contributed by atoms with Crippen LogP contribution in [0.1, 0.15) is 206 Å². The third-order valence-electron chi connectivity index (χ3n) is 8.70. The van der Waals surface area contributed by atoms with Crippen LogP contribution in [0, 0.1) is 5.92 Å². The normalized spacial score (nSPS) is 13.0. The van der Waals surface area contributed by atoms with Crippen molar-refractivity contribution in [3.05, 3.63) is 0 Å². The van der Waals surface area contributed by atoms with Gasteiger partial charge in [0.05, 0.1) is 0 Å². The van der Waals surface area contributed by atoms with E-state index in [9.17, 15) is 14.7 Å². The summed E-state index contributed by atoms with van der Waals surface area (Å²) in [6.07, 6.45) is 35.1. The first-order valence-electron chi connectivity index (χ1n) is 18.0. The number of hydrogen-bond donors (Lipinski definition) is 2. The quantitative estimate of drug-likeness (QED) is 0.0775. The number of aliphatic hydroxyl groups is 1. The van der Waals surface area contributed by atoms with Crippen molar-refractivity contribution in [2.45, 2.75) is 213 Å². The second-order valence-electron chi connectivity index (χ2n) is 12.6. The maximum atomic E-state index is 13.0. The summed E-state index contributed by atoms with van der Waals surface area (Å²) in [6.45, 7) is 4.53. The highest BCUT2D eigenvalue weighted by molar-refractivity contribution is 5.80. The molecule has 0 aromatic heterocycles. The fourth-order valence-corrected chi connectivity index (χ4v) is 5.89. The monoisotopic (exact) mass is 567 g/mol. The van der Waals surface area contributed by atoms with E-state index in [4.69, 9.17) is 5.11 Å². The van der Waals surface area contributed by atoms with Crippen molar-refractivity contribution in [2.75, 3.05) is 0 Å². The molecule has 0 saturated heterocycles. The number of carbonyl (C=O) groups is 2. The smallest absolute Gasteiger partial charge is 0.332 e. The van der Waals surface area contributed by atoms with Gasteiger partial charge in [-0.1, -0.05) is 174 Å². The summed E-state index contributed by atoms with van der Waals surface area (Å²) in [5.41, 5.74) is 0. The molecule has 0 heterocycles. The van der Waals surface area contributed by atoms with Crippen molar-refractivity contribution >= 4 is 11.8 Å². The minimum atomic E-state index is -1.21. The molecule has 2 N–H and O–H groups in total. The summed E-state index contributed by atoms with van der Waals surface area (Å²) in [5.74, 6) is -0.303. The molecule has 0 spiro atoms. The van der Waals surface area contributed by atoms with Crippen LogP contribution >= 0.6 is 0 Å². The Balaban J connectivity index is 3.83. The Morgan fingerprint density at radius 3 is 1.12 bits per heavy atom. The van der Waals surface area contributed by atoms with Gasteiger partial charge in [0.1, 0.15) is 5.78 Å². The van der Waals surface area contributed by atoms with E-state index in [0.29, 0.717) is 12.2 Å².